The molecule has 2 rings (SSSR count). The molecule has 10 nitrogen and oxygen atoms in total. The molecule has 0 spiro atoms. The van der Waals surface area contributed by atoms with Crippen LogP contribution in [0.25, 0.3) is 0 Å². The van der Waals surface area contributed by atoms with Crippen LogP contribution in [0.1, 0.15) is 12.6 Å². The lowest BCUT2D eigenvalue weighted by Gasteiger charge is -2.09. The van der Waals surface area contributed by atoms with E-state index in [4.69, 9.17) is 0 Å². The molecule has 11 heteroatoms. The maximum atomic E-state index is 12.1. The lowest BCUT2D eigenvalue weighted by molar-refractivity contribution is -0.389. The number of benzene rings is 1. The predicted octanol–water partition coefficient (Wildman–Crippen LogP) is 1.24. The maximum absolute atomic E-state index is 12.1. The number of sulfone groups is 1. The summed E-state index contributed by atoms with van der Waals surface area (Å²) in [5, 5.41) is 26.5. The molecule has 1 aromatic carbocycles. The van der Waals surface area contributed by atoms with E-state index < -0.39 is 20.7 Å². The highest BCUT2D eigenvalue weighted by molar-refractivity contribution is 7.91. The fraction of sp³-hybridized carbons (Fsp3) is 0.286. The van der Waals surface area contributed by atoms with Gasteiger partial charge >= 0.3 is 5.82 Å². The van der Waals surface area contributed by atoms with Gasteiger partial charge in [0.05, 0.1) is 33.2 Å². The molecule has 1 amide bonds. The fourth-order valence-corrected chi connectivity index (χ4v) is 2.95. The third-order valence-electron chi connectivity index (χ3n) is 3.43. The number of nitrogens with zero attached hydrogens (tertiary/aromatic N) is 3. The average molecular weight is 368 g/mol. The van der Waals surface area contributed by atoms with Crippen LogP contribution >= 0.6 is 0 Å². The van der Waals surface area contributed by atoms with Gasteiger partial charge in [-0.1, -0.05) is 6.92 Å². The van der Waals surface area contributed by atoms with Crippen LogP contribution in [0.5, 0.6) is 5.75 Å². The molecule has 0 radical (unpaired) electrons. The summed E-state index contributed by atoms with van der Waals surface area (Å²) in [5.41, 5.74) is 0.340. The Morgan fingerprint density at radius 1 is 1.40 bits per heavy atom. The quantitative estimate of drug-likeness (QED) is 0.443. The molecular formula is C14H16N4O6S. The number of phenols is 1. The monoisotopic (exact) mass is 368 g/mol. The first-order valence-electron chi connectivity index (χ1n) is 7.18. The van der Waals surface area contributed by atoms with Crippen LogP contribution in [0.3, 0.4) is 0 Å². The van der Waals surface area contributed by atoms with E-state index >= 15 is 0 Å². The largest absolute Gasteiger partial charge is 0.506 e. The number of rotatable bonds is 6. The van der Waals surface area contributed by atoms with Gasteiger partial charge in [0.25, 0.3) is 0 Å². The van der Waals surface area contributed by atoms with Crippen LogP contribution in [-0.4, -0.2) is 39.9 Å². The number of carbonyl (C=O) groups excluding carboxylic acids is 1. The van der Waals surface area contributed by atoms with Crippen molar-refractivity contribution in [2.75, 3.05) is 11.1 Å². The van der Waals surface area contributed by atoms with Gasteiger partial charge in [0.2, 0.25) is 5.91 Å². The van der Waals surface area contributed by atoms with Crippen molar-refractivity contribution in [2.24, 2.45) is 0 Å². The van der Waals surface area contributed by atoms with Gasteiger partial charge in [-0.05, 0) is 30.0 Å². The van der Waals surface area contributed by atoms with Crippen molar-refractivity contribution in [2.45, 2.75) is 25.3 Å². The minimum atomic E-state index is -3.50. The van der Waals surface area contributed by atoms with Crippen molar-refractivity contribution in [3.63, 3.8) is 0 Å². The van der Waals surface area contributed by atoms with Gasteiger partial charge in [-0.15, -0.1) is 0 Å². The van der Waals surface area contributed by atoms with Crippen molar-refractivity contribution in [3.05, 3.63) is 40.1 Å². The van der Waals surface area contributed by atoms with Gasteiger partial charge in [-0.25, -0.2) is 8.42 Å². The second kappa shape index (κ2) is 6.89. The zero-order valence-electron chi connectivity index (χ0n) is 13.5. The number of aromatic hydroxyl groups is 1. The van der Waals surface area contributed by atoms with E-state index in [1.807, 2.05) is 0 Å². The summed E-state index contributed by atoms with van der Waals surface area (Å²) in [6.07, 6.45) is 0. The van der Waals surface area contributed by atoms with Gasteiger partial charge in [-0.2, -0.15) is 4.68 Å². The third kappa shape index (κ3) is 4.12. The van der Waals surface area contributed by atoms with Crippen LogP contribution in [0, 0.1) is 17.0 Å². The molecule has 25 heavy (non-hydrogen) atoms. The topological polar surface area (TPSA) is 144 Å². The van der Waals surface area contributed by atoms with E-state index in [-0.39, 0.29) is 34.4 Å². The highest BCUT2D eigenvalue weighted by Crippen LogP contribution is 2.27. The van der Waals surface area contributed by atoms with Crippen LogP contribution in [-0.2, 0) is 21.2 Å². The molecule has 0 aliphatic rings. The number of hydrogen-bond acceptors (Lipinski definition) is 7. The number of amides is 1. The standard InChI is InChI=1S/C14H16N4O6S/c1-3-25(23,24)10-4-5-12(19)11(7-10)15-14(20)8-17-9(2)6-13(16-17)18(21)22/h4-7,19H,3,8H2,1-2H3,(H,15,20). The highest BCUT2D eigenvalue weighted by Gasteiger charge is 2.19. The van der Waals surface area contributed by atoms with E-state index in [1.165, 1.54) is 25.1 Å². The molecule has 0 saturated carbocycles. The average Bonchev–Trinajstić information content (AvgIpc) is 2.90. The Morgan fingerprint density at radius 2 is 2.08 bits per heavy atom. The number of phenolic OH excluding ortho intramolecular Hbond substituents is 1. The zero-order valence-corrected chi connectivity index (χ0v) is 14.3. The van der Waals surface area contributed by atoms with Gasteiger partial charge in [0.15, 0.2) is 9.84 Å². The molecule has 0 unspecified atom stereocenters. The second-order valence-electron chi connectivity index (χ2n) is 5.19. The molecule has 1 heterocycles. The molecular weight excluding hydrogens is 352 g/mol. The number of hydrogen-bond donors (Lipinski definition) is 2. The fourth-order valence-electron chi connectivity index (χ4n) is 2.04. The van der Waals surface area contributed by atoms with Crippen molar-refractivity contribution in [3.8, 4) is 5.75 Å². The Bertz CT molecular complexity index is 935. The Balaban J connectivity index is 2.21. The SMILES string of the molecule is CCS(=O)(=O)c1ccc(O)c(NC(=O)Cn2nc([N+](=O)[O-])cc2C)c1. The molecule has 2 aromatic rings. The summed E-state index contributed by atoms with van der Waals surface area (Å²) in [6.45, 7) is 2.71. The number of nitro groups is 1. The van der Waals surface area contributed by atoms with Gasteiger partial charge in [0.1, 0.15) is 12.3 Å². The Morgan fingerprint density at radius 3 is 2.64 bits per heavy atom. The van der Waals surface area contributed by atoms with E-state index in [1.54, 1.807) is 6.92 Å². The van der Waals surface area contributed by atoms with Gasteiger partial charge < -0.3 is 20.5 Å². The molecule has 0 atom stereocenters. The maximum Gasteiger partial charge on any atom is 0.390 e. The van der Waals surface area contributed by atoms with Gasteiger partial charge in [0, 0.05) is 0 Å². The van der Waals surface area contributed by atoms with E-state index in [0.29, 0.717) is 5.69 Å². The number of aromatic nitrogens is 2. The van der Waals surface area contributed by atoms with Gasteiger partial charge in [-0.3, -0.25) is 4.79 Å². The highest BCUT2D eigenvalue weighted by atomic mass is 32.2. The van der Waals surface area contributed by atoms with Crippen molar-refractivity contribution in [1.82, 2.24) is 9.78 Å². The lowest BCUT2D eigenvalue weighted by Crippen LogP contribution is -2.20. The minimum absolute atomic E-state index is 0.0333. The first kappa shape index (κ1) is 18.4. The van der Waals surface area contributed by atoms with E-state index in [2.05, 4.69) is 10.4 Å². The smallest absolute Gasteiger partial charge is 0.390 e. The van der Waals surface area contributed by atoms with Crippen LogP contribution in [0.2, 0.25) is 0 Å². The molecule has 0 fully saturated rings. The van der Waals surface area contributed by atoms with Crippen LogP contribution in [0.4, 0.5) is 11.5 Å². The van der Waals surface area contributed by atoms with Crippen molar-refractivity contribution in [1.29, 1.82) is 0 Å². The first-order chi connectivity index (χ1) is 11.6. The number of nitrogens with one attached hydrogen (secondary N) is 1. The minimum Gasteiger partial charge on any atom is -0.506 e. The molecule has 0 bridgehead atoms. The van der Waals surface area contributed by atoms with Crippen molar-refractivity contribution < 1.29 is 23.2 Å². The molecule has 1 aromatic heterocycles. The Hall–Kier alpha value is -2.95. The molecule has 0 aliphatic heterocycles. The first-order valence-corrected chi connectivity index (χ1v) is 8.83. The number of anilines is 1. The summed E-state index contributed by atoms with van der Waals surface area (Å²) in [6, 6.07) is 4.79. The predicted molar refractivity (Wildman–Crippen MR) is 88.1 cm³/mol. The molecule has 0 saturated heterocycles. The second-order valence-corrected chi connectivity index (χ2v) is 7.47. The Labute approximate surface area is 143 Å². The molecule has 2 N–H and O–H groups in total. The van der Waals surface area contributed by atoms with Crippen LogP contribution < -0.4 is 5.32 Å². The van der Waals surface area contributed by atoms with E-state index in [9.17, 15) is 28.4 Å². The van der Waals surface area contributed by atoms with Crippen LogP contribution in [0.15, 0.2) is 29.2 Å². The summed E-state index contributed by atoms with van der Waals surface area (Å²) >= 11 is 0. The summed E-state index contributed by atoms with van der Waals surface area (Å²) in [5.74, 6) is -1.43. The number of carbonyl (C=O) groups is 1. The lowest BCUT2D eigenvalue weighted by atomic mass is 10.3. The third-order valence-corrected chi connectivity index (χ3v) is 5.16. The Kier molecular flexibility index (Phi) is 5.07. The molecule has 0 aliphatic carbocycles. The summed E-state index contributed by atoms with van der Waals surface area (Å²) < 4.78 is 24.9. The van der Waals surface area contributed by atoms with Crippen molar-refractivity contribution >= 4 is 27.2 Å². The van der Waals surface area contributed by atoms with E-state index in [0.717, 1.165) is 10.7 Å². The number of aryl methyl sites for hydroxylation is 1. The normalized spacial score (nSPS) is 11.3. The zero-order chi connectivity index (χ0) is 18.8. The molecule has 134 valence electrons. The summed E-state index contributed by atoms with van der Waals surface area (Å²) in [7, 11) is -3.50. The summed E-state index contributed by atoms with van der Waals surface area (Å²) in [4.78, 5) is 22.1.